The lowest BCUT2D eigenvalue weighted by atomic mass is 9.83. The molecule has 4 heteroatoms. The minimum atomic E-state index is -0.203. The molecule has 0 fully saturated rings. The number of allylic oxidation sites excluding steroid dienone is 13. The Balaban J connectivity index is 1.58. The molecule has 0 spiro atoms. The minimum absolute atomic E-state index is 0.203. The Morgan fingerprint density at radius 2 is 1.96 bits per heavy atom. The number of hydrogen-bond acceptors (Lipinski definition) is 3. The average molecular weight is 664 g/mol. The van der Waals surface area contributed by atoms with Gasteiger partial charge in [0.15, 0.2) is 0 Å². The standard InChI is InChI=1S/C46H53N3O/c1-10-15-34(16-11-2)37(29-33(13-4)41-30-38(25-26-47-41)35-21-19-31(5)20-22-35)24-23-36-17-14-18-42-43(36)48-45(49(42)9)39-27-32(12-3)28-40(44(39)50)46(6,7)8/h1,11,14-19,21-22,24,27-31,50H,12-13,20,23,25-26H2,2-9H3/b16-11-,33-29+,34-15+,37-24+. The molecule has 2 aromatic carbocycles. The van der Waals surface area contributed by atoms with Crippen LogP contribution < -0.4 is 0 Å². The van der Waals surface area contributed by atoms with Crippen molar-refractivity contribution in [2.45, 2.75) is 86.0 Å². The summed E-state index contributed by atoms with van der Waals surface area (Å²) >= 11 is 0. The highest BCUT2D eigenvalue weighted by Gasteiger charge is 2.24. The van der Waals surface area contributed by atoms with Crippen molar-refractivity contribution in [3.8, 4) is 29.5 Å². The van der Waals surface area contributed by atoms with Gasteiger partial charge in [-0.1, -0.05) is 102 Å². The molecule has 0 saturated carbocycles. The summed E-state index contributed by atoms with van der Waals surface area (Å²) in [6, 6.07) is 10.6. The van der Waals surface area contributed by atoms with E-state index in [1.165, 1.54) is 22.3 Å². The number of para-hydroxylation sites is 1. The number of imidazole rings is 1. The second kappa shape index (κ2) is 15.8. The molecule has 2 heterocycles. The van der Waals surface area contributed by atoms with Crippen molar-refractivity contribution in [3.63, 3.8) is 0 Å². The first kappa shape index (κ1) is 36.4. The molecule has 1 N–H and O–H groups in total. The third-order valence-corrected chi connectivity index (χ3v) is 9.78. The molecule has 258 valence electrons. The first-order valence-electron chi connectivity index (χ1n) is 18.1. The van der Waals surface area contributed by atoms with Crippen molar-refractivity contribution in [2.24, 2.45) is 18.0 Å². The van der Waals surface area contributed by atoms with E-state index in [9.17, 15) is 5.11 Å². The predicted molar refractivity (Wildman–Crippen MR) is 214 cm³/mol. The van der Waals surface area contributed by atoms with E-state index in [0.717, 1.165) is 82.6 Å². The van der Waals surface area contributed by atoms with E-state index < -0.39 is 0 Å². The van der Waals surface area contributed by atoms with Crippen LogP contribution in [0, 0.1) is 18.3 Å². The summed E-state index contributed by atoms with van der Waals surface area (Å²) in [7, 11) is 2.03. The zero-order valence-electron chi connectivity index (χ0n) is 31.3. The van der Waals surface area contributed by atoms with Crippen LogP contribution in [-0.4, -0.2) is 26.9 Å². The number of benzene rings is 2. The SMILES string of the molecule is C#C/C=C(\C=C/C)C(/C=C(\CC)C1=NCCC(C2=CCC(C)C=C2)=C1)=C/Cc1cccc2c1nc(-c1cc(CC)cc(C(C)(C)C)c1O)n2C. The smallest absolute Gasteiger partial charge is 0.144 e. The molecule has 4 nitrogen and oxygen atoms in total. The lowest BCUT2D eigenvalue weighted by Crippen LogP contribution is -2.12. The van der Waals surface area contributed by atoms with Crippen LogP contribution in [0.4, 0.5) is 0 Å². The molecule has 1 atom stereocenters. The van der Waals surface area contributed by atoms with Crippen molar-refractivity contribution in [1.29, 1.82) is 0 Å². The van der Waals surface area contributed by atoms with Gasteiger partial charge in [-0.05, 0) is 120 Å². The molecular weight excluding hydrogens is 611 g/mol. The molecule has 5 rings (SSSR count). The van der Waals surface area contributed by atoms with Gasteiger partial charge in [-0.25, -0.2) is 4.98 Å². The largest absolute Gasteiger partial charge is 0.507 e. The number of aryl methyl sites for hydroxylation is 2. The van der Waals surface area contributed by atoms with Gasteiger partial charge in [-0.2, -0.15) is 0 Å². The maximum Gasteiger partial charge on any atom is 0.144 e. The van der Waals surface area contributed by atoms with Gasteiger partial charge in [-0.3, -0.25) is 4.99 Å². The van der Waals surface area contributed by atoms with E-state index in [-0.39, 0.29) is 5.41 Å². The molecule has 2 aliphatic rings. The maximum atomic E-state index is 11.6. The van der Waals surface area contributed by atoms with Gasteiger partial charge in [0.25, 0.3) is 0 Å². The normalized spacial score (nSPS) is 17.6. The first-order chi connectivity index (χ1) is 24.0. The van der Waals surface area contributed by atoms with Gasteiger partial charge >= 0.3 is 0 Å². The van der Waals surface area contributed by atoms with Gasteiger partial charge in [0.2, 0.25) is 0 Å². The molecule has 1 unspecified atom stereocenters. The lowest BCUT2D eigenvalue weighted by Gasteiger charge is -2.23. The van der Waals surface area contributed by atoms with Crippen LogP contribution in [0.5, 0.6) is 5.75 Å². The third kappa shape index (κ3) is 7.95. The summed E-state index contributed by atoms with van der Waals surface area (Å²) in [5.41, 5.74) is 12.7. The highest BCUT2D eigenvalue weighted by atomic mass is 16.3. The Labute approximate surface area is 300 Å². The fourth-order valence-corrected chi connectivity index (χ4v) is 6.81. The fraction of sp³-hybridized carbons (Fsp3) is 0.348. The highest BCUT2D eigenvalue weighted by Crippen LogP contribution is 2.40. The summed E-state index contributed by atoms with van der Waals surface area (Å²) in [5.74, 6) is 4.42. The Bertz CT molecular complexity index is 2050. The van der Waals surface area contributed by atoms with E-state index in [1.54, 1.807) is 0 Å². The zero-order valence-corrected chi connectivity index (χ0v) is 31.3. The number of phenols is 1. The molecular formula is C46H53N3O. The maximum absolute atomic E-state index is 11.6. The molecule has 0 radical (unpaired) electrons. The summed E-state index contributed by atoms with van der Waals surface area (Å²) in [6.07, 6.45) is 30.0. The van der Waals surface area contributed by atoms with E-state index in [0.29, 0.717) is 18.1 Å². The number of rotatable bonds is 10. The van der Waals surface area contributed by atoms with Gasteiger partial charge in [0.1, 0.15) is 11.6 Å². The quantitative estimate of drug-likeness (QED) is 0.173. The lowest BCUT2D eigenvalue weighted by molar-refractivity contribution is 0.447. The van der Waals surface area contributed by atoms with Crippen molar-refractivity contribution in [2.75, 3.05) is 6.54 Å². The topological polar surface area (TPSA) is 50.4 Å². The monoisotopic (exact) mass is 663 g/mol. The van der Waals surface area contributed by atoms with Crippen LogP contribution in [0.1, 0.15) is 84.4 Å². The van der Waals surface area contributed by atoms with E-state index in [1.807, 2.05) is 26.1 Å². The van der Waals surface area contributed by atoms with Crippen LogP contribution in [0.25, 0.3) is 22.4 Å². The van der Waals surface area contributed by atoms with Crippen molar-refractivity contribution in [1.82, 2.24) is 9.55 Å². The zero-order chi connectivity index (χ0) is 36.0. The number of aromatic hydroxyl groups is 1. The third-order valence-electron chi connectivity index (χ3n) is 9.78. The Morgan fingerprint density at radius 1 is 1.16 bits per heavy atom. The van der Waals surface area contributed by atoms with E-state index in [4.69, 9.17) is 16.4 Å². The van der Waals surface area contributed by atoms with Crippen molar-refractivity contribution < 1.29 is 5.11 Å². The molecule has 1 aromatic heterocycles. The summed E-state index contributed by atoms with van der Waals surface area (Å²) in [5, 5.41) is 11.6. The van der Waals surface area contributed by atoms with Gasteiger partial charge in [-0.15, -0.1) is 6.42 Å². The number of hydrogen-bond donors (Lipinski definition) is 1. The van der Waals surface area contributed by atoms with E-state index >= 15 is 0 Å². The fourth-order valence-electron chi connectivity index (χ4n) is 6.81. The first-order valence-corrected chi connectivity index (χ1v) is 18.1. The number of phenolic OH excluding ortho intramolecular Hbond substituents is 1. The molecule has 50 heavy (non-hydrogen) atoms. The van der Waals surface area contributed by atoms with Crippen LogP contribution in [0.15, 0.2) is 118 Å². The van der Waals surface area contributed by atoms with Gasteiger partial charge in [0.05, 0.1) is 22.3 Å². The number of fused-ring (bicyclic) bond motifs is 1. The summed E-state index contributed by atoms with van der Waals surface area (Å²) < 4.78 is 2.10. The van der Waals surface area contributed by atoms with Crippen molar-refractivity contribution >= 4 is 16.7 Å². The van der Waals surface area contributed by atoms with Gasteiger partial charge < -0.3 is 9.67 Å². The number of terminal acetylenes is 1. The number of aliphatic imine (C=N–C) groups is 1. The molecule has 0 saturated heterocycles. The average Bonchev–Trinajstić information content (AvgIpc) is 3.44. The molecule has 1 aliphatic carbocycles. The van der Waals surface area contributed by atoms with Crippen molar-refractivity contribution in [3.05, 3.63) is 130 Å². The minimum Gasteiger partial charge on any atom is -0.507 e. The number of dihydropyridines is 1. The molecule has 0 bridgehead atoms. The Morgan fingerprint density at radius 3 is 2.62 bits per heavy atom. The molecule has 0 amide bonds. The molecule has 1 aliphatic heterocycles. The number of aromatic nitrogens is 2. The van der Waals surface area contributed by atoms with Crippen LogP contribution in [0.3, 0.4) is 0 Å². The second-order valence-electron chi connectivity index (χ2n) is 14.5. The summed E-state index contributed by atoms with van der Waals surface area (Å²) in [6.45, 7) is 15.8. The van der Waals surface area contributed by atoms with Crippen LogP contribution in [0.2, 0.25) is 0 Å². The highest BCUT2D eigenvalue weighted by molar-refractivity contribution is 6.10. The van der Waals surface area contributed by atoms with E-state index in [2.05, 4.69) is 125 Å². The summed E-state index contributed by atoms with van der Waals surface area (Å²) in [4.78, 5) is 10.2. The number of nitrogens with zero attached hydrogens (tertiary/aromatic N) is 3. The predicted octanol–water partition coefficient (Wildman–Crippen LogP) is 11.0. The van der Waals surface area contributed by atoms with Crippen LogP contribution in [-0.2, 0) is 25.3 Å². The second-order valence-corrected chi connectivity index (χ2v) is 14.5. The Kier molecular flexibility index (Phi) is 11.5. The Hall–Kier alpha value is -4.88. The van der Waals surface area contributed by atoms with Gasteiger partial charge in [0, 0.05) is 19.2 Å². The molecule has 3 aromatic rings. The van der Waals surface area contributed by atoms with Crippen LogP contribution >= 0.6 is 0 Å².